The summed E-state index contributed by atoms with van der Waals surface area (Å²) in [5, 5.41) is 13.3. The van der Waals surface area contributed by atoms with Gasteiger partial charge in [0, 0.05) is 6.54 Å². The molecule has 1 unspecified atom stereocenters. The fourth-order valence-corrected chi connectivity index (χ4v) is 1.64. The second-order valence-electron chi connectivity index (χ2n) is 4.50. The molecule has 1 rings (SSSR count). The third kappa shape index (κ3) is 3.43. The van der Waals surface area contributed by atoms with Gasteiger partial charge in [-0.25, -0.2) is 4.79 Å². The molecule has 1 heterocycles. The highest BCUT2D eigenvalue weighted by Gasteiger charge is 2.46. The smallest absolute Gasteiger partial charge is 0.325 e. The molecule has 4 amide bonds. The number of rotatable bonds is 6. The number of urea groups is 1. The van der Waals surface area contributed by atoms with Crippen molar-refractivity contribution in [3.63, 3.8) is 0 Å². The molecule has 8 nitrogen and oxygen atoms in total. The first-order valence-electron chi connectivity index (χ1n) is 5.92. The summed E-state index contributed by atoms with van der Waals surface area (Å²) < 4.78 is 0. The molecule has 0 radical (unpaired) electrons. The number of nitrogens with zero attached hydrogens (tertiary/aromatic N) is 1. The highest BCUT2D eigenvalue weighted by Crippen LogP contribution is 2.20. The minimum absolute atomic E-state index is 0.0388. The maximum Gasteiger partial charge on any atom is 0.325 e. The largest absolute Gasteiger partial charge is 0.481 e. The predicted molar refractivity (Wildman–Crippen MR) is 64.2 cm³/mol. The Morgan fingerprint density at radius 3 is 2.53 bits per heavy atom. The third-order valence-electron chi connectivity index (χ3n) is 3.02. The van der Waals surface area contributed by atoms with E-state index in [-0.39, 0.29) is 13.0 Å². The van der Waals surface area contributed by atoms with Crippen molar-refractivity contribution in [1.82, 2.24) is 15.5 Å². The summed E-state index contributed by atoms with van der Waals surface area (Å²) in [6.07, 6.45) is 0.216. The van der Waals surface area contributed by atoms with Crippen molar-refractivity contribution in [2.45, 2.75) is 32.2 Å². The molecule has 0 aromatic rings. The molecular weight excluding hydrogens is 254 g/mol. The van der Waals surface area contributed by atoms with Crippen LogP contribution >= 0.6 is 0 Å². The van der Waals surface area contributed by atoms with Crippen LogP contribution in [0.3, 0.4) is 0 Å². The lowest BCUT2D eigenvalue weighted by Crippen LogP contribution is -2.44. The lowest BCUT2D eigenvalue weighted by molar-refractivity contribution is -0.137. The number of aliphatic carboxylic acids is 1. The van der Waals surface area contributed by atoms with Crippen molar-refractivity contribution in [2.75, 3.05) is 13.1 Å². The van der Waals surface area contributed by atoms with Crippen molar-refractivity contribution in [1.29, 1.82) is 0 Å². The second-order valence-corrected chi connectivity index (χ2v) is 4.50. The Balaban J connectivity index is 2.53. The van der Waals surface area contributed by atoms with Gasteiger partial charge in [-0.05, 0) is 13.3 Å². The van der Waals surface area contributed by atoms with Crippen LogP contribution in [0.15, 0.2) is 0 Å². The van der Waals surface area contributed by atoms with E-state index in [9.17, 15) is 19.2 Å². The number of carboxylic acids is 1. The monoisotopic (exact) mass is 271 g/mol. The van der Waals surface area contributed by atoms with Crippen LogP contribution < -0.4 is 10.6 Å². The number of nitrogens with one attached hydrogen (secondary N) is 2. The fourth-order valence-electron chi connectivity index (χ4n) is 1.64. The molecule has 1 saturated heterocycles. The maximum atomic E-state index is 12.0. The Bertz CT molecular complexity index is 423. The summed E-state index contributed by atoms with van der Waals surface area (Å²) in [5.74, 6) is -2.05. The van der Waals surface area contributed by atoms with Crippen LogP contribution in [0.4, 0.5) is 4.79 Å². The number of hydrogen-bond acceptors (Lipinski definition) is 4. The standard InChI is InChI=1S/C11H17N3O5/c1-3-11(2)9(18)14(10(19)13-11)6-7(15)12-5-4-8(16)17/h3-6H2,1-2H3,(H,12,15)(H,13,19)(H,16,17). The molecule has 0 aromatic heterocycles. The van der Waals surface area contributed by atoms with Gasteiger partial charge in [0.05, 0.1) is 6.42 Å². The first-order chi connectivity index (χ1) is 8.80. The molecule has 0 saturated carbocycles. The Morgan fingerprint density at radius 1 is 1.42 bits per heavy atom. The van der Waals surface area contributed by atoms with Gasteiger partial charge in [-0.15, -0.1) is 0 Å². The van der Waals surface area contributed by atoms with Crippen LogP contribution in [-0.4, -0.2) is 52.4 Å². The number of hydrogen-bond donors (Lipinski definition) is 3. The highest BCUT2D eigenvalue weighted by molar-refractivity contribution is 6.08. The first kappa shape index (κ1) is 14.9. The summed E-state index contributed by atoms with van der Waals surface area (Å²) in [5.41, 5.74) is -0.974. The zero-order valence-electron chi connectivity index (χ0n) is 10.9. The van der Waals surface area contributed by atoms with E-state index in [0.29, 0.717) is 6.42 Å². The molecule has 106 valence electrons. The molecule has 1 atom stereocenters. The third-order valence-corrected chi connectivity index (χ3v) is 3.02. The van der Waals surface area contributed by atoms with Gasteiger partial charge < -0.3 is 15.7 Å². The van der Waals surface area contributed by atoms with Gasteiger partial charge in [-0.1, -0.05) is 6.92 Å². The quantitative estimate of drug-likeness (QED) is 0.552. The molecule has 1 fully saturated rings. The Kier molecular flexibility index (Phi) is 4.47. The predicted octanol–water partition coefficient (Wildman–Crippen LogP) is -0.702. The number of carbonyl (C=O) groups excluding carboxylic acids is 3. The minimum atomic E-state index is -1.03. The lowest BCUT2D eigenvalue weighted by Gasteiger charge is -2.19. The van der Waals surface area contributed by atoms with Crippen molar-refractivity contribution in [3.8, 4) is 0 Å². The van der Waals surface area contributed by atoms with Gasteiger partial charge in [-0.2, -0.15) is 0 Å². The van der Waals surface area contributed by atoms with E-state index in [2.05, 4.69) is 10.6 Å². The Labute approximate surface area is 110 Å². The molecule has 0 aromatic carbocycles. The van der Waals surface area contributed by atoms with E-state index in [1.165, 1.54) is 0 Å². The van der Waals surface area contributed by atoms with E-state index in [1.807, 2.05) is 0 Å². The number of imide groups is 1. The molecule has 3 N–H and O–H groups in total. The summed E-state index contributed by atoms with van der Waals surface area (Å²) in [6.45, 7) is 2.91. The summed E-state index contributed by atoms with van der Waals surface area (Å²) in [6, 6.07) is -0.609. The first-order valence-corrected chi connectivity index (χ1v) is 5.92. The molecular formula is C11H17N3O5. The van der Waals surface area contributed by atoms with Gasteiger partial charge >= 0.3 is 12.0 Å². The van der Waals surface area contributed by atoms with E-state index in [4.69, 9.17) is 5.11 Å². The molecule has 0 bridgehead atoms. The van der Waals surface area contributed by atoms with E-state index in [0.717, 1.165) is 4.90 Å². The van der Waals surface area contributed by atoms with E-state index in [1.54, 1.807) is 13.8 Å². The topological polar surface area (TPSA) is 116 Å². The van der Waals surface area contributed by atoms with Crippen molar-refractivity contribution < 1.29 is 24.3 Å². The van der Waals surface area contributed by atoms with Gasteiger partial charge in [0.2, 0.25) is 5.91 Å². The van der Waals surface area contributed by atoms with Crippen LogP contribution in [0.25, 0.3) is 0 Å². The van der Waals surface area contributed by atoms with Crippen molar-refractivity contribution in [3.05, 3.63) is 0 Å². The molecule has 1 aliphatic heterocycles. The zero-order chi connectivity index (χ0) is 14.6. The van der Waals surface area contributed by atoms with Crippen LogP contribution in [0, 0.1) is 0 Å². The SMILES string of the molecule is CCC1(C)NC(=O)N(CC(=O)NCCC(=O)O)C1=O. The van der Waals surface area contributed by atoms with E-state index >= 15 is 0 Å². The van der Waals surface area contributed by atoms with Gasteiger partial charge in [-0.3, -0.25) is 19.3 Å². The number of amides is 4. The summed E-state index contributed by atoms with van der Waals surface area (Å²) in [7, 11) is 0. The molecule has 19 heavy (non-hydrogen) atoms. The number of carboxylic acid groups (broad SMARTS) is 1. The van der Waals surface area contributed by atoms with Crippen LogP contribution in [0.1, 0.15) is 26.7 Å². The average molecular weight is 271 g/mol. The normalized spacial score (nSPS) is 22.3. The average Bonchev–Trinajstić information content (AvgIpc) is 2.53. The molecule has 0 aliphatic carbocycles. The van der Waals surface area contributed by atoms with Gasteiger partial charge in [0.15, 0.2) is 0 Å². The Morgan fingerprint density at radius 2 is 2.05 bits per heavy atom. The van der Waals surface area contributed by atoms with Crippen LogP contribution in [-0.2, 0) is 14.4 Å². The van der Waals surface area contributed by atoms with Crippen LogP contribution in [0.5, 0.6) is 0 Å². The maximum absolute atomic E-state index is 12.0. The molecule has 1 aliphatic rings. The lowest BCUT2D eigenvalue weighted by atomic mass is 9.99. The molecule has 0 spiro atoms. The fraction of sp³-hybridized carbons (Fsp3) is 0.636. The van der Waals surface area contributed by atoms with Gasteiger partial charge in [0.25, 0.3) is 5.91 Å². The van der Waals surface area contributed by atoms with Gasteiger partial charge in [0.1, 0.15) is 12.1 Å². The molecule has 8 heteroatoms. The van der Waals surface area contributed by atoms with Crippen molar-refractivity contribution >= 4 is 23.8 Å². The zero-order valence-corrected chi connectivity index (χ0v) is 10.9. The van der Waals surface area contributed by atoms with E-state index < -0.39 is 35.9 Å². The van der Waals surface area contributed by atoms with Crippen LogP contribution in [0.2, 0.25) is 0 Å². The highest BCUT2D eigenvalue weighted by atomic mass is 16.4. The summed E-state index contributed by atoms with van der Waals surface area (Å²) in [4.78, 5) is 46.2. The second kappa shape index (κ2) is 5.68. The minimum Gasteiger partial charge on any atom is -0.481 e. The summed E-state index contributed by atoms with van der Waals surface area (Å²) >= 11 is 0. The van der Waals surface area contributed by atoms with Crippen molar-refractivity contribution in [2.24, 2.45) is 0 Å². The number of carbonyl (C=O) groups is 4. The Hall–Kier alpha value is -2.12.